The van der Waals surface area contributed by atoms with Crippen LogP contribution in [0.3, 0.4) is 0 Å². The fourth-order valence-electron chi connectivity index (χ4n) is 2.52. The van der Waals surface area contributed by atoms with E-state index in [4.69, 9.17) is 4.98 Å². The van der Waals surface area contributed by atoms with Crippen LogP contribution in [-0.4, -0.2) is 29.6 Å². The Bertz CT molecular complexity index is 562. The molecule has 1 saturated heterocycles. The van der Waals surface area contributed by atoms with Gasteiger partial charge in [-0.15, -0.1) is 0 Å². The lowest BCUT2D eigenvalue weighted by Crippen LogP contribution is -2.21. The van der Waals surface area contributed by atoms with E-state index in [1.165, 1.54) is 12.8 Å². The first-order chi connectivity index (χ1) is 9.86. The van der Waals surface area contributed by atoms with Gasteiger partial charge in [0.2, 0.25) is 5.95 Å². The highest BCUT2D eigenvalue weighted by atomic mass is 15.3. The van der Waals surface area contributed by atoms with Crippen molar-refractivity contribution in [1.29, 1.82) is 0 Å². The monoisotopic (exact) mass is 268 g/mol. The van der Waals surface area contributed by atoms with Crippen LogP contribution in [0.1, 0.15) is 19.8 Å². The molecule has 4 nitrogen and oxygen atoms in total. The molecule has 0 unspecified atom stereocenters. The molecule has 0 saturated carbocycles. The number of hydrogen-bond acceptors (Lipinski definition) is 4. The molecule has 104 valence electrons. The molecule has 1 aromatic carbocycles. The SMILES string of the molecule is CCNc1cc(-c2ccccc2)nc(N2CCCC2)n1. The molecule has 2 heterocycles. The van der Waals surface area contributed by atoms with Gasteiger partial charge in [0, 0.05) is 31.3 Å². The van der Waals surface area contributed by atoms with E-state index in [0.717, 1.165) is 42.7 Å². The summed E-state index contributed by atoms with van der Waals surface area (Å²) in [7, 11) is 0. The summed E-state index contributed by atoms with van der Waals surface area (Å²) in [5.74, 6) is 1.75. The zero-order valence-electron chi connectivity index (χ0n) is 11.8. The van der Waals surface area contributed by atoms with E-state index in [0.29, 0.717) is 0 Å². The Labute approximate surface area is 119 Å². The normalized spacial score (nSPS) is 14.6. The lowest BCUT2D eigenvalue weighted by Gasteiger charge is -2.17. The fourth-order valence-corrected chi connectivity index (χ4v) is 2.52. The van der Waals surface area contributed by atoms with Crippen LogP contribution in [0.4, 0.5) is 11.8 Å². The number of rotatable bonds is 4. The van der Waals surface area contributed by atoms with Crippen molar-refractivity contribution in [2.24, 2.45) is 0 Å². The van der Waals surface area contributed by atoms with E-state index in [9.17, 15) is 0 Å². The van der Waals surface area contributed by atoms with Crippen molar-refractivity contribution >= 4 is 11.8 Å². The third kappa shape index (κ3) is 2.74. The van der Waals surface area contributed by atoms with Crippen LogP contribution in [0.15, 0.2) is 36.4 Å². The van der Waals surface area contributed by atoms with Gasteiger partial charge < -0.3 is 10.2 Å². The minimum atomic E-state index is 0.847. The molecular weight excluding hydrogens is 248 g/mol. The van der Waals surface area contributed by atoms with Crippen LogP contribution >= 0.6 is 0 Å². The minimum Gasteiger partial charge on any atom is -0.370 e. The highest BCUT2D eigenvalue weighted by Gasteiger charge is 2.16. The quantitative estimate of drug-likeness (QED) is 0.924. The molecule has 2 aromatic rings. The Kier molecular flexibility index (Phi) is 3.81. The summed E-state index contributed by atoms with van der Waals surface area (Å²) in [6.45, 7) is 5.07. The van der Waals surface area contributed by atoms with Gasteiger partial charge >= 0.3 is 0 Å². The van der Waals surface area contributed by atoms with Crippen LogP contribution in [0.2, 0.25) is 0 Å². The van der Waals surface area contributed by atoms with E-state index in [-0.39, 0.29) is 0 Å². The van der Waals surface area contributed by atoms with Crippen LogP contribution in [-0.2, 0) is 0 Å². The van der Waals surface area contributed by atoms with Gasteiger partial charge in [-0.3, -0.25) is 0 Å². The Morgan fingerprint density at radius 3 is 2.55 bits per heavy atom. The maximum atomic E-state index is 4.74. The lowest BCUT2D eigenvalue weighted by atomic mass is 10.1. The summed E-state index contributed by atoms with van der Waals surface area (Å²) in [5, 5.41) is 3.30. The highest BCUT2D eigenvalue weighted by molar-refractivity contribution is 5.64. The van der Waals surface area contributed by atoms with E-state index < -0.39 is 0 Å². The summed E-state index contributed by atoms with van der Waals surface area (Å²) in [6, 6.07) is 12.3. The Balaban J connectivity index is 2.00. The number of hydrogen-bond donors (Lipinski definition) is 1. The smallest absolute Gasteiger partial charge is 0.227 e. The number of benzene rings is 1. The van der Waals surface area contributed by atoms with Crippen molar-refractivity contribution in [2.75, 3.05) is 29.9 Å². The van der Waals surface area contributed by atoms with Gasteiger partial charge in [0.25, 0.3) is 0 Å². The van der Waals surface area contributed by atoms with E-state index in [1.807, 2.05) is 24.3 Å². The molecule has 1 aliphatic rings. The van der Waals surface area contributed by atoms with Gasteiger partial charge in [-0.05, 0) is 19.8 Å². The number of aromatic nitrogens is 2. The molecule has 3 rings (SSSR count). The van der Waals surface area contributed by atoms with Gasteiger partial charge in [-0.25, -0.2) is 4.98 Å². The molecule has 0 bridgehead atoms. The standard InChI is InChI=1S/C16H20N4/c1-2-17-15-12-14(13-8-4-3-5-9-13)18-16(19-15)20-10-6-7-11-20/h3-5,8-9,12H,2,6-7,10-11H2,1H3,(H,17,18,19). The Hall–Kier alpha value is -2.10. The van der Waals surface area contributed by atoms with Gasteiger partial charge in [0.1, 0.15) is 5.82 Å². The maximum absolute atomic E-state index is 4.74. The van der Waals surface area contributed by atoms with Crippen molar-refractivity contribution in [2.45, 2.75) is 19.8 Å². The largest absolute Gasteiger partial charge is 0.370 e. The van der Waals surface area contributed by atoms with Crippen LogP contribution in [0.5, 0.6) is 0 Å². The fraction of sp³-hybridized carbons (Fsp3) is 0.375. The van der Waals surface area contributed by atoms with E-state index in [2.05, 4.69) is 34.3 Å². The zero-order valence-corrected chi connectivity index (χ0v) is 11.8. The van der Waals surface area contributed by atoms with Crippen molar-refractivity contribution in [1.82, 2.24) is 9.97 Å². The molecular formula is C16H20N4. The summed E-state index contributed by atoms with van der Waals surface area (Å²) < 4.78 is 0. The molecule has 0 radical (unpaired) electrons. The van der Waals surface area contributed by atoms with Crippen LogP contribution < -0.4 is 10.2 Å². The predicted octanol–water partition coefficient (Wildman–Crippen LogP) is 3.18. The van der Waals surface area contributed by atoms with Crippen molar-refractivity contribution in [3.63, 3.8) is 0 Å². The van der Waals surface area contributed by atoms with Gasteiger partial charge in [-0.1, -0.05) is 30.3 Å². The summed E-state index contributed by atoms with van der Waals surface area (Å²) in [4.78, 5) is 11.6. The number of nitrogens with zero attached hydrogens (tertiary/aromatic N) is 3. The molecule has 20 heavy (non-hydrogen) atoms. The third-order valence-electron chi connectivity index (χ3n) is 3.53. The lowest BCUT2D eigenvalue weighted by molar-refractivity contribution is 0.899. The highest BCUT2D eigenvalue weighted by Crippen LogP contribution is 2.24. The van der Waals surface area contributed by atoms with Gasteiger partial charge in [0.15, 0.2) is 0 Å². The number of anilines is 2. The van der Waals surface area contributed by atoms with Gasteiger partial charge in [0.05, 0.1) is 5.69 Å². The molecule has 4 heteroatoms. The van der Waals surface area contributed by atoms with Gasteiger partial charge in [-0.2, -0.15) is 4.98 Å². The zero-order chi connectivity index (χ0) is 13.8. The van der Waals surface area contributed by atoms with Crippen molar-refractivity contribution in [3.8, 4) is 11.3 Å². The first kappa shape index (κ1) is 12.9. The van der Waals surface area contributed by atoms with Crippen molar-refractivity contribution < 1.29 is 0 Å². The molecule has 0 atom stereocenters. The molecule has 1 fully saturated rings. The number of nitrogens with one attached hydrogen (secondary N) is 1. The Morgan fingerprint density at radius 2 is 1.85 bits per heavy atom. The summed E-state index contributed by atoms with van der Waals surface area (Å²) >= 11 is 0. The second-order valence-corrected chi connectivity index (χ2v) is 5.03. The molecule has 0 spiro atoms. The first-order valence-electron chi connectivity index (χ1n) is 7.30. The van der Waals surface area contributed by atoms with E-state index >= 15 is 0 Å². The minimum absolute atomic E-state index is 0.847. The van der Waals surface area contributed by atoms with E-state index in [1.54, 1.807) is 0 Å². The average Bonchev–Trinajstić information content (AvgIpc) is 3.02. The molecule has 1 N–H and O–H groups in total. The predicted molar refractivity (Wildman–Crippen MR) is 83.1 cm³/mol. The second kappa shape index (κ2) is 5.90. The molecule has 0 amide bonds. The summed E-state index contributed by atoms with van der Waals surface area (Å²) in [6.07, 6.45) is 2.46. The Morgan fingerprint density at radius 1 is 1.10 bits per heavy atom. The third-order valence-corrected chi connectivity index (χ3v) is 3.53. The van der Waals surface area contributed by atoms with Crippen molar-refractivity contribution in [3.05, 3.63) is 36.4 Å². The van der Waals surface area contributed by atoms with Crippen LogP contribution in [0, 0.1) is 0 Å². The second-order valence-electron chi connectivity index (χ2n) is 5.03. The maximum Gasteiger partial charge on any atom is 0.227 e. The topological polar surface area (TPSA) is 41.1 Å². The molecule has 0 aliphatic carbocycles. The average molecular weight is 268 g/mol. The molecule has 1 aliphatic heterocycles. The van der Waals surface area contributed by atoms with Crippen LogP contribution in [0.25, 0.3) is 11.3 Å². The molecule has 1 aromatic heterocycles. The first-order valence-corrected chi connectivity index (χ1v) is 7.30. The summed E-state index contributed by atoms with van der Waals surface area (Å²) in [5.41, 5.74) is 2.12.